The molecule has 0 saturated carbocycles. The largest absolute Gasteiger partial charge is 0.489 e. The van der Waals surface area contributed by atoms with E-state index in [1.54, 1.807) is 12.1 Å². The van der Waals surface area contributed by atoms with Gasteiger partial charge in [-0.05, 0) is 12.1 Å². The van der Waals surface area contributed by atoms with Crippen LogP contribution in [0.25, 0.3) is 0 Å². The molecule has 3 heteroatoms. The van der Waals surface area contributed by atoms with E-state index in [-0.39, 0.29) is 13.2 Å². The van der Waals surface area contributed by atoms with Gasteiger partial charge in [0.1, 0.15) is 12.4 Å². The molecule has 0 heterocycles. The highest BCUT2D eigenvalue weighted by Gasteiger charge is 1.95. The zero-order valence-corrected chi connectivity index (χ0v) is 6.16. The van der Waals surface area contributed by atoms with Crippen LogP contribution in [0, 0.1) is 0 Å². The highest BCUT2D eigenvalue weighted by atomic mass is 16.5. The predicted octanol–water partition coefficient (Wildman–Crippen LogP) is 0.640. The zero-order valence-electron chi connectivity index (χ0n) is 6.16. The van der Waals surface area contributed by atoms with Crippen molar-refractivity contribution in [3.05, 3.63) is 24.3 Å². The average Bonchev–Trinajstić information content (AvgIpc) is 2.03. The Kier molecular flexibility index (Phi) is 2.74. The second kappa shape index (κ2) is 3.83. The molecule has 0 radical (unpaired) electrons. The minimum atomic E-state index is 0.00827. The molecule has 3 N–H and O–H groups in total. The Balaban J connectivity index is 2.62. The molecule has 0 aromatic heterocycles. The number of para-hydroxylation sites is 2. The predicted molar refractivity (Wildman–Crippen MR) is 43.4 cm³/mol. The van der Waals surface area contributed by atoms with E-state index in [0.717, 1.165) is 0 Å². The van der Waals surface area contributed by atoms with Crippen molar-refractivity contribution in [1.82, 2.24) is 0 Å². The molecular formula is C8H11NO2. The number of hydrogen-bond acceptors (Lipinski definition) is 3. The first-order valence-corrected chi connectivity index (χ1v) is 3.43. The molecule has 0 amide bonds. The molecule has 0 aliphatic heterocycles. The lowest BCUT2D eigenvalue weighted by atomic mass is 10.3. The molecule has 60 valence electrons. The molecule has 0 unspecified atom stereocenters. The van der Waals surface area contributed by atoms with Crippen molar-refractivity contribution in [2.45, 2.75) is 0 Å². The third-order valence-corrected chi connectivity index (χ3v) is 1.27. The first-order valence-electron chi connectivity index (χ1n) is 3.43. The Morgan fingerprint density at radius 1 is 1.36 bits per heavy atom. The molecule has 1 aromatic carbocycles. The summed E-state index contributed by atoms with van der Waals surface area (Å²) in [5.74, 6) is 0.626. The molecule has 0 spiro atoms. The summed E-state index contributed by atoms with van der Waals surface area (Å²) in [5.41, 5.74) is 6.15. The van der Waals surface area contributed by atoms with Crippen molar-refractivity contribution < 1.29 is 9.84 Å². The lowest BCUT2D eigenvalue weighted by Gasteiger charge is -2.05. The number of aliphatic hydroxyl groups excluding tert-OH is 1. The van der Waals surface area contributed by atoms with Crippen molar-refractivity contribution in [1.29, 1.82) is 0 Å². The summed E-state index contributed by atoms with van der Waals surface area (Å²) in [6.07, 6.45) is 0. The second-order valence-corrected chi connectivity index (χ2v) is 2.11. The molecule has 1 rings (SSSR count). The first-order chi connectivity index (χ1) is 5.34. The van der Waals surface area contributed by atoms with Gasteiger partial charge in [0.25, 0.3) is 0 Å². The minimum absolute atomic E-state index is 0.00827. The van der Waals surface area contributed by atoms with E-state index in [1.807, 2.05) is 12.1 Å². The number of ether oxygens (including phenoxy) is 1. The van der Waals surface area contributed by atoms with Crippen LogP contribution in [-0.4, -0.2) is 18.3 Å². The van der Waals surface area contributed by atoms with Gasteiger partial charge in [-0.15, -0.1) is 0 Å². The fraction of sp³-hybridized carbons (Fsp3) is 0.250. The van der Waals surface area contributed by atoms with Crippen LogP contribution < -0.4 is 10.5 Å². The van der Waals surface area contributed by atoms with E-state index in [1.165, 1.54) is 0 Å². The Morgan fingerprint density at radius 2 is 2.09 bits per heavy atom. The summed E-state index contributed by atoms with van der Waals surface area (Å²) < 4.78 is 5.11. The van der Waals surface area contributed by atoms with Gasteiger partial charge in [-0.25, -0.2) is 0 Å². The molecule has 0 aliphatic carbocycles. The molecule has 1 aromatic rings. The van der Waals surface area contributed by atoms with Gasteiger partial charge in [-0.1, -0.05) is 12.1 Å². The number of rotatable bonds is 3. The van der Waals surface area contributed by atoms with Gasteiger partial charge in [-0.3, -0.25) is 0 Å². The maximum absolute atomic E-state index is 8.45. The number of anilines is 1. The fourth-order valence-corrected chi connectivity index (χ4v) is 0.768. The van der Waals surface area contributed by atoms with Crippen LogP contribution in [0.3, 0.4) is 0 Å². The maximum Gasteiger partial charge on any atom is 0.142 e. The number of nitrogens with two attached hydrogens (primary N) is 1. The number of aliphatic hydroxyl groups is 1. The summed E-state index contributed by atoms with van der Waals surface area (Å²) in [6.45, 7) is 0.294. The fourth-order valence-electron chi connectivity index (χ4n) is 0.768. The third kappa shape index (κ3) is 2.13. The van der Waals surface area contributed by atoms with Gasteiger partial charge in [0.15, 0.2) is 0 Å². The van der Waals surface area contributed by atoms with E-state index in [0.29, 0.717) is 11.4 Å². The Morgan fingerprint density at radius 3 is 2.73 bits per heavy atom. The van der Waals surface area contributed by atoms with Crippen molar-refractivity contribution in [2.75, 3.05) is 18.9 Å². The Labute approximate surface area is 65.4 Å². The molecule has 0 fully saturated rings. The van der Waals surface area contributed by atoms with E-state index < -0.39 is 0 Å². The quantitative estimate of drug-likeness (QED) is 0.626. The normalized spacial score (nSPS) is 9.55. The third-order valence-electron chi connectivity index (χ3n) is 1.27. The van der Waals surface area contributed by atoms with Crippen LogP contribution in [0.1, 0.15) is 0 Å². The van der Waals surface area contributed by atoms with Crippen molar-refractivity contribution in [3.63, 3.8) is 0 Å². The lowest BCUT2D eigenvalue weighted by molar-refractivity contribution is 0.202. The van der Waals surface area contributed by atoms with Gasteiger partial charge in [0, 0.05) is 0 Å². The van der Waals surface area contributed by atoms with Crippen LogP contribution in [0.15, 0.2) is 24.3 Å². The maximum atomic E-state index is 8.45. The van der Waals surface area contributed by atoms with E-state index >= 15 is 0 Å². The monoisotopic (exact) mass is 153 g/mol. The Hall–Kier alpha value is -1.22. The summed E-state index contributed by atoms with van der Waals surface area (Å²) >= 11 is 0. The summed E-state index contributed by atoms with van der Waals surface area (Å²) in [7, 11) is 0. The van der Waals surface area contributed by atoms with E-state index in [4.69, 9.17) is 15.6 Å². The zero-order chi connectivity index (χ0) is 8.10. The highest BCUT2D eigenvalue weighted by Crippen LogP contribution is 2.18. The lowest BCUT2D eigenvalue weighted by Crippen LogP contribution is -2.03. The van der Waals surface area contributed by atoms with E-state index in [2.05, 4.69) is 0 Å². The second-order valence-electron chi connectivity index (χ2n) is 2.11. The average molecular weight is 153 g/mol. The Bertz CT molecular complexity index is 225. The summed E-state index contributed by atoms with van der Waals surface area (Å²) in [6, 6.07) is 7.20. The number of nitrogen functional groups attached to an aromatic ring is 1. The minimum Gasteiger partial charge on any atom is -0.489 e. The van der Waals surface area contributed by atoms with Crippen molar-refractivity contribution in [3.8, 4) is 5.75 Å². The van der Waals surface area contributed by atoms with Gasteiger partial charge in [0.05, 0.1) is 12.3 Å². The van der Waals surface area contributed by atoms with Gasteiger partial charge >= 0.3 is 0 Å². The highest BCUT2D eigenvalue weighted by molar-refractivity contribution is 5.51. The molecule has 3 nitrogen and oxygen atoms in total. The SMILES string of the molecule is Nc1ccccc1OCCO. The molecule has 0 saturated heterocycles. The number of hydrogen-bond donors (Lipinski definition) is 2. The molecule has 0 bridgehead atoms. The van der Waals surface area contributed by atoms with Crippen molar-refractivity contribution in [2.24, 2.45) is 0 Å². The number of benzene rings is 1. The summed E-state index contributed by atoms with van der Waals surface area (Å²) in [5, 5.41) is 8.45. The van der Waals surface area contributed by atoms with Crippen LogP contribution in [0.4, 0.5) is 5.69 Å². The van der Waals surface area contributed by atoms with Crippen LogP contribution in [0.5, 0.6) is 5.75 Å². The topological polar surface area (TPSA) is 55.5 Å². The first kappa shape index (κ1) is 7.88. The van der Waals surface area contributed by atoms with Crippen LogP contribution >= 0.6 is 0 Å². The van der Waals surface area contributed by atoms with Crippen LogP contribution in [-0.2, 0) is 0 Å². The standard InChI is InChI=1S/C8H11NO2/c9-7-3-1-2-4-8(7)11-6-5-10/h1-4,10H,5-6,9H2. The molecule has 11 heavy (non-hydrogen) atoms. The molecular weight excluding hydrogens is 142 g/mol. The van der Waals surface area contributed by atoms with E-state index in [9.17, 15) is 0 Å². The van der Waals surface area contributed by atoms with Crippen molar-refractivity contribution >= 4 is 5.69 Å². The summed E-state index contributed by atoms with van der Waals surface area (Å²) in [4.78, 5) is 0. The van der Waals surface area contributed by atoms with Crippen LogP contribution in [0.2, 0.25) is 0 Å². The smallest absolute Gasteiger partial charge is 0.142 e. The van der Waals surface area contributed by atoms with Gasteiger partial charge in [0.2, 0.25) is 0 Å². The van der Waals surface area contributed by atoms with Gasteiger partial charge in [-0.2, -0.15) is 0 Å². The van der Waals surface area contributed by atoms with Gasteiger partial charge < -0.3 is 15.6 Å². The molecule has 0 atom stereocenters. The molecule has 0 aliphatic rings.